The van der Waals surface area contributed by atoms with Gasteiger partial charge in [-0.3, -0.25) is 4.90 Å². The van der Waals surface area contributed by atoms with Crippen LogP contribution in [0.4, 0.5) is 4.39 Å². The lowest BCUT2D eigenvalue weighted by molar-refractivity contribution is -0.0714. The van der Waals surface area contributed by atoms with Crippen molar-refractivity contribution in [3.63, 3.8) is 0 Å². The van der Waals surface area contributed by atoms with Crippen molar-refractivity contribution in [3.8, 4) is 0 Å². The lowest BCUT2D eigenvalue weighted by atomic mass is 9.93. The second-order valence-corrected chi connectivity index (χ2v) is 5.81. The number of nitrogens with two attached hydrogens (primary N) is 1. The molecule has 0 radical (unpaired) electrons. The van der Waals surface area contributed by atoms with E-state index in [1.165, 1.54) is 6.07 Å². The zero-order valence-electron chi connectivity index (χ0n) is 11.9. The third-order valence-electron chi connectivity index (χ3n) is 3.91. The van der Waals surface area contributed by atoms with Gasteiger partial charge >= 0.3 is 0 Å². The van der Waals surface area contributed by atoms with Crippen LogP contribution >= 0.6 is 0 Å². The maximum Gasteiger partial charge on any atom is 0.123 e. The predicted molar refractivity (Wildman–Crippen MR) is 74.5 cm³/mol. The maximum atomic E-state index is 13.5. The fourth-order valence-electron chi connectivity index (χ4n) is 2.84. The maximum absolute atomic E-state index is 13.5. The molecule has 1 atom stereocenters. The molecule has 2 N–H and O–H groups in total. The third kappa shape index (κ3) is 2.96. The van der Waals surface area contributed by atoms with E-state index < -0.39 is 0 Å². The summed E-state index contributed by atoms with van der Waals surface area (Å²) >= 11 is 0. The van der Waals surface area contributed by atoms with Crippen molar-refractivity contribution < 1.29 is 9.13 Å². The summed E-state index contributed by atoms with van der Waals surface area (Å²) in [5.74, 6) is -0.204. The Morgan fingerprint density at radius 1 is 1.47 bits per heavy atom. The van der Waals surface area contributed by atoms with Crippen molar-refractivity contribution in [2.24, 2.45) is 5.73 Å². The molecule has 0 aliphatic carbocycles. The number of morpholine rings is 1. The van der Waals surface area contributed by atoms with Crippen LogP contribution in [0.5, 0.6) is 0 Å². The number of hydrogen-bond acceptors (Lipinski definition) is 3. The van der Waals surface area contributed by atoms with E-state index >= 15 is 0 Å². The number of benzene rings is 1. The Morgan fingerprint density at radius 3 is 2.84 bits per heavy atom. The molecule has 0 saturated carbocycles. The molecule has 106 valence electrons. The van der Waals surface area contributed by atoms with Crippen LogP contribution in [-0.2, 0) is 4.74 Å². The summed E-state index contributed by atoms with van der Waals surface area (Å²) in [5.41, 5.74) is 7.95. The van der Waals surface area contributed by atoms with Gasteiger partial charge in [0.05, 0.1) is 13.2 Å². The summed E-state index contributed by atoms with van der Waals surface area (Å²) in [7, 11) is 0. The zero-order chi connectivity index (χ0) is 14.0. The van der Waals surface area contributed by atoms with Crippen molar-refractivity contribution >= 4 is 0 Å². The van der Waals surface area contributed by atoms with Gasteiger partial charge in [0, 0.05) is 24.7 Å². The monoisotopic (exact) mass is 266 g/mol. The van der Waals surface area contributed by atoms with Crippen molar-refractivity contribution in [2.45, 2.75) is 32.4 Å². The Kier molecular flexibility index (Phi) is 4.23. The summed E-state index contributed by atoms with van der Waals surface area (Å²) in [6.45, 7) is 8.97. The highest BCUT2D eigenvalue weighted by Crippen LogP contribution is 2.31. The van der Waals surface area contributed by atoms with Crippen LogP contribution in [0, 0.1) is 12.7 Å². The van der Waals surface area contributed by atoms with E-state index in [1.807, 2.05) is 13.0 Å². The first-order valence-electron chi connectivity index (χ1n) is 6.76. The van der Waals surface area contributed by atoms with Gasteiger partial charge in [-0.15, -0.1) is 0 Å². The second-order valence-electron chi connectivity index (χ2n) is 5.81. The molecule has 1 aliphatic rings. The third-order valence-corrected chi connectivity index (χ3v) is 3.91. The van der Waals surface area contributed by atoms with Crippen LogP contribution in [0.15, 0.2) is 18.2 Å². The van der Waals surface area contributed by atoms with E-state index in [9.17, 15) is 4.39 Å². The average molecular weight is 266 g/mol. The van der Waals surface area contributed by atoms with Gasteiger partial charge in [0.1, 0.15) is 5.82 Å². The van der Waals surface area contributed by atoms with E-state index in [-0.39, 0.29) is 17.4 Å². The van der Waals surface area contributed by atoms with Crippen LogP contribution < -0.4 is 5.73 Å². The molecular weight excluding hydrogens is 243 g/mol. The summed E-state index contributed by atoms with van der Waals surface area (Å²) in [4.78, 5) is 2.33. The van der Waals surface area contributed by atoms with E-state index in [2.05, 4.69) is 18.7 Å². The van der Waals surface area contributed by atoms with Gasteiger partial charge in [-0.1, -0.05) is 6.07 Å². The van der Waals surface area contributed by atoms with E-state index in [0.717, 1.165) is 17.7 Å². The highest BCUT2D eigenvalue weighted by Gasteiger charge is 2.36. The first-order chi connectivity index (χ1) is 8.95. The summed E-state index contributed by atoms with van der Waals surface area (Å²) in [6, 6.07) is 4.96. The van der Waals surface area contributed by atoms with Crippen LogP contribution in [0.25, 0.3) is 0 Å². The molecule has 2 rings (SSSR count). The standard InChI is InChI=1S/C15H23FN2O/c1-11-4-5-12(16)8-13(11)14(9-17)18-6-7-19-10-15(18,2)3/h4-5,8,14H,6-7,9-10,17H2,1-3H3. The quantitative estimate of drug-likeness (QED) is 0.912. The van der Waals surface area contributed by atoms with Crippen molar-refractivity contribution in [3.05, 3.63) is 35.1 Å². The van der Waals surface area contributed by atoms with E-state index in [1.54, 1.807) is 6.07 Å². The fourth-order valence-corrected chi connectivity index (χ4v) is 2.84. The van der Waals surface area contributed by atoms with Crippen molar-refractivity contribution in [1.29, 1.82) is 0 Å². The van der Waals surface area contributed by atoms with Gasteiger partial charge in [-0.2, -0.15) is 0 Å². The molecule has 1 aromatic carbocycles. The molecular formula is C15H23FN2O. The minimum atomic E-state index is -0.204. The molecule has 19 heavy (non-hydrogen) atoms. The number of ether oxygens (including phenoxy) is 1. The van der Waals surface area contributed by atoms with Gasteiger partial charge in [-0.25, -0.2) is 4.39 Å². The van der Waals surface area contributed by atoms with Gasteiger partial charge in [0.25, 0.3) is 0 Å². The molecule has 0 aromatic heterocycles. The molecule has 1 unspecified atom stereocenters. The Balaban J connectivity index is 2.35. The molecule has 4 heteroatoms. The first-order valence-corrected chi connectivity index (χ1v) is 6.76. The van der Waals surface area contributed by atoms with Gasteiger partial charge in [-0.05, 0) is 44.0 Å². The Morgan fingerprint density at radius 2 is 2.21 bits per heavy atom. The fraction of sp³-hybridized carbons (Fsp3) is 0.600. The van der Waals surface area contributed by atoms with Crippen LogP contribution in [0.3, 0.4) is 0 Å². The largest absolute Gasteiger partial charge is 0.378 e. The Labute approximate surface area is 114 Å². The molecule has 0 bridgehead atoms. The SMILES string of the molecule is Cc1ccc(F)cc1C(CN)N1CCOCC1(C)C. The van der Waals surface area contributed by atoms with Gasteiger partial charge in [0.2, 0.25) is 0 Å². The molecule has 0 amide bonds. The number of nitrogens with zero attached hydrogens (tertiary/aromatic N) is 1. The lowest BCUT2D eigenvalue weighted by Gasteiger charge is -2.46. The van der Waals surface area contributed by atoms with Crippen LogP contribution in [0.2, 0.25) is 0 Å². The van der Waals surface area contributed by atoms with Gasteiger partial charge < -0.3 is 10.5 Å². The highest BCUT2D eigenvalue weighted by molar-refractivity contribution is 5.30. The van der Waals surface area contributed by atoms with Gasteiger partial charge in [0.15, 0.2) is 0 Å². The predicted octanol–water partition coefficient (Wildman–Crippen LogP) is 2.24. The van der Waals surface area contributed by atoms with E-state index in [0.29, 0.717) is 19.8 Å². The first kappa shape index (κ1) is 14.4. The zero-order valence-corrected chi connectivity index (χ0v) is 11.9. The highest BCUT2D eigenvalue weighted by atomic mass is 19.1. The topological polar surface area (TPSA) is 38.5 Å². The number of aryl methyl sites for hydroxylation is 1. The van der Waals surface area contributed by atoms with Crippen molar-refractivity contribution in [2.75, 3.05) is 26.3 Å². The molecule has 0 spiro atoms. The summed E-state index contributed by atoms with van der Waals surface area (Å²) < 4.78 is 19.1. The van der Waals surface area contributed by atoms with Crippen LogP contribution in [0.1, 0.15) is 31.0 Å². The summed E-state index contributed by atoms with van der Waals surface area (Å²) in [5, 5.41) is 0. The number of rotatable bonds is 3. The number of hydrogen-bond donors (Lipinski definition) is 1. The minimum Gasteiger partial charge on any atom is -0.378 e. The Hall–Kier alpha value is -0.970. The Bertz CT molecular complexity index is 448. The molecule has 1 aliphatic heterocycles. The number of halogens is 1. The van der Waals surface area contributed by atoms with Crippen LogP contribution in [-0.4, -0.2) is 36.7 Å². The smallest absolute Gasteiger partial charge is 0.123 e. The second kappa shape index (κ2) is 5.57. The average Bonchev–Trinajstić information content (AvgIpc) is 2.36. The molecule has 1 heterocycles. The lowest BCUT2D eigenvalue weighted by Crippen LogP contribution is -2.55. The summed E-state index contributed by atoms with van der Waals surface area (Å²) in [6.07, 6.45) is 0. The molecule has 1 aromatic rings. The molecule has 1 saturated heterocycles. The van der Waals surface area contributed by atoms with Crippen molar-refractivity contribution in [1.82, 2.24) is 4.90 Å². The minimum absolute atomic E-state index is 0.0367. The molecule has 1 fully saturated rings. The normalized spacial score (nSPS) is 21.3. The molecule has 3 nitrogen and oxygen atoms in total. The van der Waals surface area contributed by atoms with E-state index in [4.69, 9.17) is 10.5 Å².